The maximum Gasteiger partial charge on any atom is 0.186 e. The number of hydrogen-bond acceptors (Lipinski definition) is 13. The van der Waals surface area contributed by atoms with Gasteiger partial charge >= 0.3 is 0 Å². The Morgan fingerprint density at radius 3 is 2.22 bits per heavy atom. The molecule has 8 N–H and O–H groups in total. The fourth-order valence-electron chi connectivity index (χ4n) is 8.04. The fourth-order valence-corrected chi connectivity index (χ4v) is 8.97. The van der Waals surface area contributed by atoms with Gasteiger partial charge in [0.1, 0.15) is 53.5 Å². The minimum atomic E-state index is -1.61. The number of rotatable bonds is 5. The van der Waals surface area contributed by atoms with Gasteiger partial charge in [-0.05, 0) is 42.1 Å². The summed E-state index contributed by atoms with van der Waals surface area (Å²) in [5, 5.41) is 89.2. The van der Waals surface area contributed by atoms with Gasteiger partial charge in [-0.15, -0.1) is 0 Å². The lowest BCUT2D eigenvalue weighted by Crippen LogP contribution is -2.59. The summed E-state index contributed by atoms with van der Waals surface area (Å²) in [5.41, 5.74) is 4.19. The van der Waals surface area contributed by atoms with Crippen molar-refractivity contribution in [1.82, 2.24) is 4.90 Å². The lowest BCUT2D eigenvalue weighted by atomic mass is 9.77. The first-order valence-corrected chi connectivity index (χ1v) is 17.4. The number of aliphatic hydroxyl groups excluding tert-OH is 5. The molecule has 266 valence electrons. The number of aromatic hydroxyl groups is 3. The van der Waals surface area contributed by atoms with E-state index in [1.165, 1.54) is 14.0 Å². The standard InChI is InChI=1S/C35H42BrNO12/c1-5-6-18-24(36)23-17(11-37(18)3)29(43)21-13(27(23)41)7-8-14-22(21)28(42)16-9-15-26(40)20(10-19(38)32(15)49-34(16)33(14)46-4)48-35-31(45)30(44)25(39)12(2)47-35/h12,19-20,25-26,30-31,35,38-45H,5-11H2,1-4H3/t12-,19?,20?,25-,26?,30+,31+,35?/m1/s1. The number of hydrogen-bond donors (Lipinski definition) is 8. The molecule has 8 atom stereocenters. The van der Waals surface area contributed by atoms with E-state index in [-0.39, 0.29) is 52.7 Å². The maximum atomic E-state index is 12.0. The van der Waals surface area contributed by atoms with Crippen LogP contribution in [-0.2, 0) is 35.3 Å². The summed E-state index contributed by atoms with van der Waals surface area (Å²) >= 11 is 3.69. The van der Waals surface area contributed by atoms with Crippen molar-refractivity contribution < 1.29 is 59.8 Å². The van der Waals surface area contributed by atoms with Crippen LogP contribution in [0.15, 0.2) is 17.0 Å². The number of fused-ring (bicyclic) bond motifs is 5. The zero-order valence-corrected chi connectivity index (χ0v) is 29.2. The van der Waals surface area contributed by atoms with Crippen LogP contribution in [0.4, 0.5) is 0 Å². The molecule has 0 saturated carbocycles. The number of phenolic OH excluding ortho intramolecular Hbond substituents is 3. The lowest BCUT2D eigenvalue weighted by molar-refractivity contribution is -0.311. The molecule has 2 aromatic rings. The smallest absolute Gasteiger partial charge is 0.186 e. The number of methoxy groups -OCH3 is 1. The van der Waals surface area contributed by atoms with Crippen molar-refractivity contribution in [2.45, 2.75) is 108 Å². The van der Waals surface area contributed by atoms with Crippen molar-refractivity contribution in [3.63, 3.8) is 0 Å². The Morgan fingerprint density at radius 2 is 1.53 bits per heavy atom. The van der Waals surface area contributed by atoms with Gasteiger partial charge in [-0.25, -0.2) is 0 Å². The number of phenols is 3. The Bertz CT molecular complexity index is 1770. The molecule has 5 aliphatic rings. The molecule has 2 aromatic carbocycles. The second-order valence-electron chi connectivity index (χ2n) is 13.5. The van der Waals surface area contributed by atoms with Crippen LogP contribution in [0.1, 0.15) is 60.9 Å². The maximum absolute atomic E-state index is 12.0. The predicted molar refractivity (Wildman–Crippen MR) is 178 cm³/mol. The van der Waals surface area contributed by atoms with Gasteiger partial charge in [0, 0.05) is 81.1 Å². The first kappa shape index (κ1) is 34.4. The van der Waals surface area contributed by atoms with E-state index in [0.29, 0.717) is 63.0 Å². The number of allylic oxidation sites excluding steroid dienone is 1. The van der Waals surface area contributed by atoms with E-state index in [9.17, 15) is 40.9 Å². The van der Waals surface area contributed by atoms with Crippen LogP contribution in [0.3, 0.4) is 0 Å². The van der Waals surface area contributed by atoms with E-state index >= 15 is 0 Å². The van der Waals surface area contributed by atoms with Crippen LogP contribution in [0.25, 0.3) is 15.6 Å². The Labute approximate surface area is 291 Å². The van der Waals surface area contributed by atoms with Gasteiger partial charge in [0.25, 0.3) is 0 Å². The highest BCUT2D eigenvalue weighted by atomic mass is 79.9. The molecule has 0 radical (unpaired) electrons. The molecule has 3 aliphatic heterocycles. The summed E-state index contributed by atoms with van der Waals surface area (Å²) in [6, 6.07) is 0. The molecule has 1 saturated heterocycles. The topological polar surface area (TPSA) is 202 Å². The van der Waals surface area contributed by atoms with Crippen molar-refractivity contribution in [1.29, 1.82) is 0 Å². The zero-order valence-electron chi connectivity index (χ0n) is 27.6. The molecule has 0 amide bonds. The van der Waals surface area contributed by atoms with Crippen molar-refractivity contribution in [2.75, 3.05) is 14.2 Å². The molecular weight excluding hydrogens is 706 g/mol. The van der Waals surface area contributed by atoms with Gasteiger partial charge in [0.2, 0.25) is 0 Å². The third-order valence-corrected chi connectivity index (χ3v) is 11.5. The quantitative estimate of drug-likeness (QED) is 0.208. The summed E-state index contributed by atoms with van der Waals surface area (Å²) < 4.78 is 24.3. The zero-order chi connectivity index (χ0) is 35.2. The van der Waals surface area contributed by atoms with E-state index in [1.807, 2.05) is 11.9 Å². The Kier molecular flexibility index (Phi) is 8.84. The van der Waals surface area contributed by atoms with Crippen LogP contribution in [0, 0.1) is 0 Å². The van der Waals surface area contributed by atoms with Crippen LogP contribution in [-0.4, -0.2) is 109 Å². The van der Waals surface area contributed by atoms with E-state index < -0.39 is 49.0 Å². The number of benzene rings is 2. The summed E-state index contributed by atoms with van der Waals surface area (Å²) in [6.45, 7) is 3.92. The minimum absolute atomic E-state index is 0.0317. The van der Waals surface area contributed by atoms with Gasteiger partial charge in [-0.2, -0.15) is 0 Å². The number of nitrogens with zero attached hydrogens (tertiary/aromatic N) is 1. The normalized spacial score (nSPS) is 30.6. The second-order valence-corrected chi connectivity index (χ2v) is 14.3. The largest absolute Gasteiger partial charge is 0.507 e. The second kappa shape index (κ2) is 12.6. The van der Waals surface area contributed by atoms with Gasteiger partial charge in [-0.3, -0.25) is 0 Å². The predicted octanol–water partition coefficient (Wildman–Crippen LogP) is 2.41. The van der Waals surface area contributed by atoms with Crippen LogP contribution < -0.4 is 9.47 Å². The summed E-state index contributed by atoms with van der Waals surface area (Å²) in [5.74, 6) is 0.315. The number of ether oxygens (including phenoxy) is 4. The Hall–Kier alpha value is -3.08. The summed E-state index contributed by atoms with van der Waals surface area (Å²) in [7, 11) is 3.39. The molecular formula is C35H42BrNO12. The molecule has 4 unspecified atom stereocenters. The van der Waals surface area contributed by atoms with E-state index in [2.05, 4.69) is 22.9 Å². The van der Waals surface area contributed by atoms with E-state index in [1.54, 1.807) is 0 Å². The third kappa shape index (κ3) is 5.14. The van der Waals surface area contributed by atoms with Crippen LogP contribution >= 0.6 is 15.9 Å². The highest BCUT2D eigenvalue weighted by Crippen LogP contribution is 2.60. The average Bonchev–Trinajstić information content (AvgIpc) is 3.08. The molecule has 2 aliphatic carbocycles. The lowest BCUT2D eigenvalue weighted by Gasteiger charge is -2.43. The van der Waals surface area contributed by atoms with Gasteiger partial charge in [-0.1, -0.05) is 13.3 Å². The minimum Gasteiger partial charge on any atom is -0.507 e. The first-order valence-electron chi connectivity index (χ1n) is 16.6. The van der Waals surface area contributed by atoms with E-state index in [4.69, 9.17) is 18.9 Å². The summed E-state index contributed by atoms with van der Waals surface area (Å²) in [6.07, 6.45) is -8.36. The molecule has 0 aromatic heterocycles. The molecule has 49 heavy (non-hydrogen) atoms. The van der Waals surface area contributed by atoms with Gasteiger partial charge in [0.05, 0.1) is 19.3 Å². The van der Waals surface area contributed by atoms with E-state index in [0.717, 1.165) is 18.5 Å². The molecule has 14 heteroatoms. The highest BCUT2D eigenvalue weighted by Gasteiger charge is 2.48. The third-order valence-electron chi connectivity index (χ3n) is 10.6. The number of halogens is 1. The van der Waals surface area contributed by atoms with Gasteiger partial charge in [0.15, 0.2) is 17.8 Å². The monoisotopic (exact) mass is 747 g/mol. The highest BCUT2D eigenvalue weighted by molar-refractivity contribution is 9.15. The molecule has 7 rings (SSSR count). The Balaban J connectivity index is 1.30. The van der Waals surface area contributed by atoms with Crippen molar-refractivity contribution in [3.05, 3.63) is 44.8 Å². The van der Waals surface area contributed by atoms with Crippen LogP contribution in [0.5, 0.6) is 28.7 Å². The van der Waals surface area contributed by atoms with Crippen molar-refractivity contribution in [2.24, 2.45) is 0 Å². The summed E-state index contributed by atoms with van der Waals surface area (Å²) in [4.78, 5) is 2.02. The van der Waals surface area contributed by atoms with Gasteiger partial charge < -0.3 is 64.7 Å². The molecule has 3 heterocycles. The molecule has 13 nitrogen and oxygen atoms in total. The average molecular weight is 749 g/mol. The number of aliphatic hydroxyl groups is 5. The SMILES string of the molecule is CCCC1=C(Br)c2c(O)c3c(c(O)c2CN1C)-c1c(O)c2c(c(OC)c1CC3)OC1=C(C2)C(O)C(OC2O[C@H](C)[C@@H](O)[C@H](O)[C@@H]2O)CC1O. The molecule has 0 spiro atoms. The van der Waals surface area contributed by atoms with Crippen molar-refractivity contribution >= 4 is 20.4 Å². The first-order chi connectivity index (χ1) is 23.3. The fraction of sp³-hybridized carbons (Fsp3) is 0.543. The molecule has 0 bridgehead atoms. The molecule has 1 fully saturated rings. The van der Waals surface area contributed by atoms with Crippen molar-refractivity contribution in [3.8, 4) is 39.9 Å². The van der Waals surface area contributed by atoms with Crippen LogP contribution in [0.2, 0.25) is 0 Å². The Morgan fingerprint density at radius 1 is 0.878 bits per heavy atom.